The SMILES string of the molecule is CCc1cccc2c(/C=C3\SC(=O)N(CC(C)C)C3=O)cn(CC(=O)NCc3ccco3)c12. The maximum atomic E-state index is 12.8. The van der Waals surface area contributed by atoms with Crippen molar-refractivity contribution in [2.75, 3.05) is 6.54 Å². The topological polar surface area (TPSA) is 84.5 Å². The number of hydrogen-bond acceptors (Lipinski definition) is 5. The fourth-order valence-electron chi connectivity index (χ4n) is 3.96. The Bertz CT molecular complexity index is 1220. The van der Waals surface area contributed by atoms with E-state index in [-0.39, 0.29) is 29.5 Å². The Hall–Kier alpha value is -3.26. The summed E-state index contributed by atoms with van der Waals surface area (Å²) >= 11 is 0.966. The van der Waals surface area contributed by atoms with Gasteiger partial charge in [0.05, 0.1) is 23.2 Å². The Morgan fingerprint density at radius 2 is 2.03 bits per heavy atom. The van der Waals surface area contributed by atoms with Gasteiger partial charge in [0.2, 0.25) is 5.91 Å². The van der Waals surface area contributed by atoms with E-state index in [1.165, 1.54) is 4.90 Å². The van der Waals surface area contributed by atoms with Crippen molar-refractivity contribution in [2.24, 2.45) is 5.92 Å². The van der Waals surface area contributed by atoms with E-state index in [1.807, 2.05) is 48.9 Å². The number of amides is 3. The van der Waals surface area contributed by atoms with Crippen molar-refractivity contribution < 1.29 is 18.8 Å². The van der Waals surface area contributed by atoms with Crippen LogP contribution in [0, 0.1) is 5.92 Å². The number of thioether (sulfide) groups is 1. The molecule has 7 nitrogen and oxygen atoms in total. The summed E-state index contributed by atoms with van der Waals surface area (Å²) in [4.78, 5) is 39.6. The number of carbonyl (C=O) groups excluding carboxylic acids is 3. The molecule has 8 heteroatoms. The number of hydrogen-bond donors (Lipinski definition) is 1. The van der Waals surface area contributed by atoms with Crippen molar-refractivity contribution in [3.05, 3.63) is 64.6 Å². The molecule has 3 heterocycles. The minimum Gasteiger partial charge on any atom is -0.467 e. The van der Waals surface area contributed by atoms with Gasteiger partial charge < -0.3 is 14.3 Å². The zero-order valence-corrected chi connectivity index (χ0v) is 19.8. The molecule has 172 valence electrons. The molecule has 0 radical (unpaired) electrons. The molecular formula is C25H27N3O4S. The summed E-state index contributed by atoms with van der Waals surface area (Å²) in [5.74, 6) is 0.486. The number of nitrogens with one attached hydrogen (secondary N) is 1. The smallest absolute Gasteiger partial charge is 0.293 e. The summed E-state index contributed by atoms with van der Waals surface area (Å²) < 4.78 is 7.19. The van der Waals surface area contributed by atoms with Crippen LogP contribution >= 0.6 is 11.8 Å². The second kappa shape index (κ2) is 9.70. The van der Waals surface area contributed by atoms with E-state index in [2.05, 4.69) is 12.2 Å². The predicted molar refractivity (Wildman–Crippen MR) is 129 cm³/mol. The Morgan fingerprint density at radius 3 is 2.73 bits per heavy atom. The van der Waals surface area contributed by atoms with Gasteiger partial charge >= 0.3 is 0 Å². The number of para-hydroxylation sites is 1. The number of benzene rings is 1. The summed E-state index contributed by atoms with van der Waals surface area (Å²) in [5, 5.41) is 3.58. The second-order valence-electron chi connectivity index (χ2n) is 8.42. The van der Waals surface area contributed by atoms with Crippen LogP contribution in [0.4, 0.5) is 4.79 Å². The molecule has 3 amide bonds. The zero-order chi connectivity index (χ0) is 23.5. The first kappa shape index (κ1) is 22.9. The Morgan fingerprint density at radius 1 is 1.21 bits per heavy atom. The van der Waals surface area contributed by atoms with Crippen LogP contribution in [0.3, 0.4) is 0 Å². The van der Waals surface area contributed by atoms with Crippen molar-refractivity contribution in [2.45, 2.75) is 40.3 Å². The van der Waals surface area contributed by atoms with Crippen LogP contribution < -0.4 is 5.32 Å². The van der Waals surface area contributed by atoms with Gasteiger partial charge in [-0.15, -0.1) is 0 Å². The van der Waals surface area contributed by atoms with Crippen molar-refractivity contribution in [3.63, 3.8) is 0 Å². The highest BCUT2D eigenvalue weighted by Gasteiger charge is 2.35. The van der Waals surface area contributed by atoms with E-state index >= 15 is 0 Å². The molecule has 0 bridgehead atoms. The molecule has 1 N–H and O–H groups in total. The molecule has 1 aromatic carbocycles. The highest BCUT2D eigenvalue weighted by atomic mass is 32.2. The quantitative estimate of drug-likeness (QED) is 0.483. The predicted octanol–water partition coefficient (Wildman–Crippen LogP) is 4.81. The first-order chi connectivity index (χ1) is 15.9. The van der Waals surface area contributed by atoms with Crippen molar-refractivity contribution in [3.8, 4) is 0 Å². The lowest BCUT2D eigenvalue weighted by Gasteiger charge is -2.14. The lowest BCUT2D eigenvalue weighted by atomic mass is 10.1. The fraction of sp³-hybridized carbons (Fsp3) is 0.320. The van der Waals surface area contributed by atoms with Gasteiger partial charge in [0, 0.05) is 23.7 Å². The van der Waals surface area contributed by atoms with E-state index in [0.29, 0.717) is 23.8 Å². The third-order valence-corrected chi connectivity index (χ3v) is 6.36. The molecular weight excluding hydrogens is 438 g/mol. The van der Waals surface area contributed by atoms with E-state index in [1.54, 1.807) is 18.4 Å². The number of imide groups is 1. The number of carbonyl (C=O) groups is 3. The summed E-state index contributed by atoms with van der Waals surface area (Å²) in [5.41, 5.74) is 2.88. The Labute approximate surface area is 196 Å². The third-order valence-electron chi connectivity index (χ3n) is 5.46. The van der Waals surface area contributed by atoms with Crippen LogP contribution in [-0.4, -0.2) is 33.1 Å². The number of fused-ring (bicyclic) bond motifs is 1. The standard InChI is InChI=1S/C25H27N3O4S/c1-4-17-7-5-9-20-18(11-21-24(30)28(13-16(2)3)25(31)33-21)14-27(23(17)20)15-22(29)26-12-19-8-6-10-32-19/h5-11,14,16H,4,12-13,15H2,1-3H3,(H,26,29)/b21-11-. The second-order valence-corrected chi connectivity index (χ2v) is 9.41. The largest absolute Gasteiger partial charge is 0.467 e. The number of rotatable bonds is 8. The highest BCUT2D eigenvalue weighted by molar-refractivity contribution is 8.18. The lowest BCUT2D eigenvalue weighted by Crippen LogP contribution is -2.31. The van der Waals surface area contributed by atoms with Crippen LogP contribution in [0.2, 0.25) is 0 Å². The summed E-state index contributed by atoms with van der Waals surface area (Å²) in [7, 11) is 0. The van der Waals surface area contributed by atoms with Crippen LogP contribution in [0.15, 0.2) is 52.1 Å². The number of aryl methyl sites for hydroxylation is 1. The normalized spacial score (nSPS) is 15.4. The Balaban J connectivity index is 1.64. The molecule has 1 fully saturated rings. The van der Waals surface area contributed by atoms with Gasteiger partial charge in [-0.3, -0.25) is 19.3 Å². The number of furan rings is 1. The van der Waals surface area contributed by atoms with E-state index < -0.39 is 0 Å². The van der Waals surface area contributed by atoms with Gasteiger partial charge in [-0.25, -0.2) is 0 Å². The van der Waals surface area contributed by atoms with Crippen LogP contribution in [0.1, 0.15) is 37.7 Å². The lowest BCUT2D eigenvalue weighted by molar-refractivity contribution is -0.123. The Kier molecular flexibility index (Phi) is 6.74. The zero-order valence-electron chi connectivity index (χ0n) is 19.0. The minimum absolute atomic E-state index is 0.136. The molecule has 4 rings (SSSR count). The van der Waals surface area contributed by atoms with E-state index in [0.717, 1.165) is 40.2 Å². The van der Waals surface area contributed by atoms with Crippen LogP contribution in [0.25, 0.3) is 17.0 Å². The average molecular weight is 466 g/mol. The highest BCUT2D eigenvalue weighted by Crippen LogP contribution is 2.35. The molecule has 1 aliphatic heterocycles. The average Bonchev–Trinajstić information content (AvgIpc) is 3.48. The first-order valence-electron chi connectivity index (χ1n) is 11.0. The molecule has 0 atom stereocenters. The molecule has 3 aromatic rings. The number of aromatic nitrogens is 1. The summed E-state index contributed by atoms with van der Waals surface area (Å²) in [6.07, 6.45) is 6.03. The van der Waals surface area contributed by atoms with Gasteiger partial charge in [-0.2, -0.15) is 0 Å². The molecule has 1 aliphatic rings. The molecule has 0 spiro atoms. The molecule has 0 aliphatic carbocycles. The van der Waals surface area contributed by atoms with Gasteiger partial charge in [0.25, 0.3) is 11.1 Å². The van der Waals surface area contributed by atoms with Gasteiger partial charge in [-0.1, -0.05) is 39.0 Å². The van der Waals surface area contributed by atoms with Crippen molar-refractivity contribution in [1.82, 2.24) is 14.8 Å². The first-order valence-corrected chi connectivity index (χ1v) is 11.8. The van der Waals surface area contributed by atoms with Gasteiger partial charge in [0.1, 0.15) is 12.3 Å². The molecule has 2 aromatic heterocycles. The molecule has 33 heavy (non-hydrogen) atoms. The summed E-state index contributed by atoms with van der Waals surface area (Å²) in [6, 6.07) is 9.59. The van der Waals surface area contributed by atoms with Crippen LogP contribution in [0.5, 0.6) is 0 Å². The van der Waals surface area contributed by atoms with E-state index in [9.17, 15) is 14.4 Å². The van der Waals surface area contributed by atoms with Gasteiger partial charge in [-0.05, 0) is 47.9 Å². The van der Waals surface area contributed by atoms with E-state index in [4.69, 9.17) is 4.42 Å². The van der Waals surface area contributed by atoms with Crippen LogP contribution in [-0.2, 0) is 29.1 Å². The fourth-order valence-corrected chi connectivity index (χ4v) is 4.80. The molecule has 0 unspecified atom stereocenters. The maximum absolute atomic E-state index is 12.8. The van der Waals surface area contributed by atoms with Crippen molar-refractivity contribution in [1.29, 1.82) is 0 Å². The van der Waals surface area contributed by atoms with Crippen molar-refractivity contribution >= 4 is 45.8 Å². The summed E-state index contributed by atoms with van der Waals surface area (Å²) in [6.45, 7) is 6.88. The molecule has 0 saturated carbocycles. The maximum Gasteiger partial charge on any atom is 0.293 e. The monoisotopic (exact) mass is 465 g/mol. The van der Waals surface area contributed by atoms with Gasteiger partial charge in [0.15, 0.2) is 0 Å². The third kappa shape index (κ3) is 4.90. The molecule has 1 saturated heterocycles. The number of nitrogens with zero attached hydrogens (tertiary/aromatic N) is 2. The minimum atomic E-state index is -0.262.